The van der Waals surface area contributed by atoms with Gasteiger partial charge in [-0.05, 0) is 24.6 Å². The van der Waals surface area contributed by atoms with Crippen LogP contribution in [0.15, 0.2) is 59.4 Å². The van der Waals surface area contributed by atoms with Crippen molar-refractivity contribution in [1.82, 2.24) is 25.2 Å². The van der Waals surface area contributed by atoms with Gasteiger partial charge < -0.3 is 5.32 Å². The van der Waals surface area contributed by atoms with Crippen LogP contribution in [0.5, 0.6) is 0 Å². The molecule has 0 aliphatic heterocycles. The maximum Gasteiger partial charge on any atom is 0.346 e. The van der Waals surface area contributed by atoms with E-state index in [1.54, 1.807) is 12.1 Å². The molecule has 3 N–H and O–H groups in total. The van der Waals surface area contributed by atoms with Crippen LogP contribution in [0.1, 0.15) is 26.2 Å². The summed E-state index contributed by atoms with van der Waals surface area (Å²) in [4.78, 5) is 37.2. The minimum Gasteiger partial charge on any atom is -0.306 e. The molecular weight excluding hydrogens is 415 g/mol. The van der Waals surface area contributed by atoms with Crippen LogP contribution >= 0.6 is 0 Å². The first-order valence-electron chi connectivity index (χ1n) is 10.3. The molecule has 0 fully saturated rings. The first-order chi connectivity index (χ1) is 15.5. The Morgan fingerprint density at radius 2 is 1.81 bits per heavy atom. The fourth-order valence-corrected chi connectivity index (χ4v) is 3.08. The Morgan fingerprint density at radius 1 is 1.03 bits per heavy atom. The molecule has 0 unspecified atom stereocenters. The van der Waals surface area contributed by atoms with Gasteiger partial charge in [-0.25, -0.2) is 24.1 Å². The summed E-state index contributed by atoms with van der Waals surface area (Å²) >= 11 is 0. The molecule has 10 heteroatoms. The van der Waals surface area contributed by atoms with Gasteiger partial charge in [0.1, 0.15) is 12.4 Å². The summed E-state index contributed by atoms with van der Waals surface area (Å²) < 4.78 is 15.8. The van der Waals surface area contributed by atoms with Gasteiger partial charge in [0.25, 0.3) is 5.91 Å². The highest BCUT2D eigenvalue weighted by molar-refractivity contribution is 5.90. The number of benzene rings is 2. The smallest absolute Gasteiger partial charge is 0.306 e. The lowest BCUT2D eigenvalue weighted by atomic mass is 10.2. The average molecular weight is 440 g/mol. The van der Waals surface area contributed by atoms with Gasteiger partial charge in [-0.3, -0.25) is 14.8 Å². The van der Waals surface area contributed by atoms with E-state index in [1.165, 1.54) is 27.4 Å². The summed E-state index contributed by atoms with van der Waals surface area (Å²) in [5.74, 6) is -0.756. The summed E-state index contributed by atoms with van der Waals surface area (Å²) in [7, 11) is 0. The number of urea groups is 1. The number of aryl methyl sites for hydroxylation is 1. The number of hydrogen-bond acceptors (Lipinski definition) is 4. The van der Waals surface area contributed by atoms with Gasteiger partial charge in [0.2, 0.25) is 0 Å². The predicted octanol–water partition coefficient (Wildman–Crippen LogP) is 2.89. The quantitative estimate of drug-likeness (QED) is 0.370. The van der Waals surface area contributed by atoms with Crippen LogP contribution in [0.3, 0.4) is 0 Å². The zero-order valence-electron chi connectivity index (χ0n) is 17.7. The van der Waals surface area contributed by atoms with Crippen molar-refractivity contribution in [2.75, 3.05) is 5.32 Å². The fraction of sp³-hybridized carbons (Fsp3) is 0.273. The average Bonchev–Trinajstić information content (AvgIpc) is 3.08. The van der Waals surface area contributed by atoms with Crippen LogP contribution in [0.25, 0.3) is 11.4 Å². The molecule has 0 aliphatic rings. The van der Waals surface area contributed by atoms with E-state index in [1.807, 2.05) is 18.2 Å². The van der Waals surface area contributed by atoms with Gasteiger partial charge >= 0.3 is 11.7 Å². The monoisotopic (exact) mass is 440 g/mol. The van der Waals surface area contributed by atoms with E-state index in [2.05, 4.69) is 28.2 Å². The maximum absolute atomic E-state index is 13.2. The van der Waals surface area contributed by atoms with E-state index in [-0.39, 0.29) is 12.2 Å². The molecule has 0 aliphatic carbocycles. The maximum atomic E-state index is 13.2. The Morgan fingerprint density at radius 3 is 2.53 bits per heavy atom. The third kappa shape index (κ3) is 6.03. The standard InChI is InChI=1S/C22H25FN6O3/c1-2-3-7-13-29-22(32)28(20(27-29)16-9-5-4-6-10-16)15-19(30)25-26-21(31)24-18-12-8-11-17(23)14-18/h4-6,8-12,14H,2-3,7,13,15H2,1H3,(H,25,30)(H2,24,26,31). The van der Waals surface area contributed by atoms with E-state index in [9.17, 15) is 18.8 Å². The van der Waals surface area contributed by atoms with E-state index >= 15 is 0 Å². The molecule has 0 atom stereocenters. The Bertz CT molecular complexity index is 1130. The number of hydrazine groups is 1. The lowest BCUT2D eigenvalue weighted by Crippen LogP contribution is -2.46. The summed E-state index contributed by atoms with van der Waals surface area (Å²) in [5.41, 5.74) is 4.95. The molecule has 168 valence electrons. The second-order valence-corrected chi connectivity index (χ2v) is 7.13. The van der Waals surface area contributed by atoms with E-state index in [4.69, 9.17) is 0 Å². The molecule has 32 heavy (non-hydrogen) atoms. The van der Waals surface area contributed by atoms with E-state index < -0.39 is 23.4 Å². The van der Waals surface area contributed by atoms with Crippen LogP contribution in [0, 0.1) is 5.82 Å². The number of anilines is 1. The number of carbonyl (C=O) groups excluding carboxylic acids is 2. The number of halogens is 1. The third-order valence-corrected chi connectivity index (χ3v) is 4.63. The molecular formula is C22H25FN6O3. The van der Waals surface area contributed by atoms with Gasteiger partial charge in [-0.1, -0.05) is 56.2 Å². The molecule has 3 rings (SSSR count). The molecule has 3 amide bonds. The summed E-state index contributed by atoms with van der Waals surface area (Å²) in [6, 6.07) is 13.7. The molecule has 1 aromatic heterocycles. The molecule has 2 aromatic carbocycles. The zero-order chi connectivity index (χ0) is 22.9. The van der Waals surface area contributed by atoms with Crippen molar-refractivity contribution in [3.8, 4) is 11.4 Å². The van der Waals surface area contributed by atoms with Crippen molar-refractivity contribution in [2.45, 2.75) is 39.3 Å². The summed E-state index contributed by atoms with van der Waals surface area (Å²) in [6.45, 7) is 2.19. The zero-order valence-corrected chi connectivity index (χ0v) is 17.7. The van der Waals surface area contributed by atoms with Crippen molar-refractivity contribution in [3.63, 3.8) is 0 Å². The lowest BCUT2D eigenvalue weighted by Gasteiger charge is -2.10. The molecule has 0 saturated heterocycles. The van der Waals surface area contributed by atoms with Crippen LogP contribution in [-0.4, -0.2) is 26.3 Å². The second-order valence-electron chi connectivity index (χ2n) is 7.13. The third-order valence-electron chi connectivity index (χ3n) is 4.63. The van der Waals surface area contributed by atoms with Crippen LogP contribution in [-0.2, 0) is 17.9 Å². The second kappa shape index (κ2) is 10.9. The predicted molar refractivity (Wildman–Crippen MR) is 118 cm³/mol. The van der Waals surface area contributed by atoms with Gasteiger partial charge in [0.05, 0.1) is 0 Å². The van der Waals surface area contributed by atoms with E-state index in [0.717, 1.165) is 25.3 Å². The van der Waals surface area contributed by atoms with Crippen molar-refractivity contribution >= 4 is 17.6 Å². The highest BCUT2D eigenvalue weighted by Crippen LogP contribution is 2.15. The number of nitrogens with one attached hydrogen (secondary N) is 3. The number of aromatic nitrogens is 3. The molecule has 0 bridgehead atoms. The Balaban J connectivity index is 1.68. The number of amides is 3. The van der Waals surface area contributed by atoms with Crippen molar-refractivity contribution in [2.24, 2.45) is 0 Å². The first-order valence-corrected chi connectivity index (χ1v) is 10.3. The lowest BCUT2D eigenvalue weighted by molar-refractivity contribution is -0.122. The van der Waals surface area contributed by atoms with Crippen LogP contribution < -0.4 is 21.9 Å². The number of nitrogens with zero attached hydrogens (tertiary/aromatic N) is 3. The van der Waals surface area contributed by atoms with Crippen molar-refractivity contribution in [1.29, 1.82) is 0 Å². The van der Waals surface area contributed by atoms with E-state index in [0.29, 0.717) is 17.9 Å². The number of carbonyl (C=O) groups is 2. The first kappa shape index (κ1) is 22.7. The molecule has 9 nitrogen and oxygen atoms in total. The Kier molecular flexibility index (Phi) is 7.74. The molecule has 0 spiro atoms. The van der Waals surface area contributed by atoms with Gasteiger partial charge in [0, 0.05) is 17.8 Å². The fourth-order valence-electron chi connectivity index (χ4n) is 3.08. The highest BCUT2D eigenvalue weighted by atomic mass is 19.1. The summed E-state index contributed by atoms with van der Waals surface area (Å²) in [5, 5.41) is 6.81. The minimum absolute atomic E-state index is 0.229. The number of hydrogen-bond donors (Lipinski definition) is 3. The Labute approximate surface area is 184 Å². The number of rotatable bonds is 8. The molecule has 1 heterocycles. The van der Waals surface area contributed by atoms with Gasteiger partial charge in [0.15, 0.2) is 5.82 Å². The minimum atomic E-state index is -0.755. The normalized spacial score (nSPS) is 10.6. The molecule has 0 radical (unpaired) electrons. The SMILES string of the molecule is CCCCCn1nc(-c2ccccc2)n(CC(=O)NNC(=O)Nc2cccc(F)c2)c1=O. The highest BCUT2D eigenvalue weighted by Gasteiger charge is 2.17. The van der Waals surface area contributed by atoms with Gasteiger partial charge in [-0.15, -0.1) is 5.10 Å². The van der Waals surface area contributed by atoms with Crippen molar-refractivity contribution < 1.29 is 14.0 Å². The topological polar surface area (TPSA) is 110 Å². The molecule has 3 aromatic rings. The molecule has 0 saturated carbocycles. The largest absolute Gasteiger partial charge is 0.346 e. The summed E-state index contributed by atoms with van der Waals surface area (Å²) in [6.07, 6.45) is 2.77. The van der Waals surface area contributed by atoms with Crippen LogP contribution in [0.2, 0.25) is 0 Å². The number of unbranched alkanes of at least 4 members (excludes halogenated alkanes) is 2. The van der Waals surface area contributed by atoms with Crippen molar-refractivity contribution in [3.05, 3.63) is 70.9 Å². The van der Waals surface area contributed by atoms with Gasteiger partial charge in [-0.2, -0.15) is 0 Å². The Hall–Kier alpha value is -3.95. The van der Waals surface area contributed by atoms with Crippen LogP contribution in [0.4, 0.5) is 14.9 Å².